The zero-order chi connectivity index (χ0) is 16.7. The fraction of sp³-hybridized carbons (Fsp3) is 0.500. The predicted molar refractivity (Wildman–Crippen MR) is 83.4 cm³/mol. The monoisotopic (exact) mass is 323 g/mol. The number of amides is 3. The zero-order valence-corrected chi connectivity index (χ0v) is 13.2. The van der Waals surface area contributed by atoms with E-state index in [9.17, 15) is 14.0 Å². The Hall–Kier alpha value is -2.31. The summed E-state index contributed by atoms with van der Waals surface area (Å²) < 4.78 is 18.4. The molecule has 2 N–H and O–H groups in total. The van der Waals surface area contributed by atoms with E-state index in [4.69, 9.17) is 4.74 Å². The number of carbonyl (C=O) groups is 2. The lowest BCUT2D eigenvalue weighted by Crippen LogP contribution is -2.49. The van der Waals surface area contributed by atoms with Gasteiger partial charge in [0.15, 0.2) is 0 Å². The number of nitrogens with zero attached hydrogens (tertiary/aromatic N) is 1. The number of likely N-dealkylation sites (tertiary alicyclic amines) is 1. The van der Waals surface area contributed by atoms with Gasteiger partial charge >= 0.3 is 12.1 Å². The molecule has 0 aliphatic carbocycles. The van der Waals surface area contributed by atoms with E-state index >= 15 is 0 Å². The second-order valence-corrected chi connectivity index (χ2v) is 5.38. The molecule has 1 saturated heterocycles. The summed E-state index contributed by atoms with van der Waals surface area (Å²) >= 11 is 0. The average Bonchev–Trinajstić information content (AvgIpc) is 2.55. The lowest BCUT2D eigenvalue weighted by atomic mass is 10.1. The number of halogens is 1. The number of hydrogen-bond donors (Lipinski definition) is 2. The third-order valence-electron chi connectivity index (χ3n) is 3.75. The van der Waals surface area contributed by atoms with Crippen LogP contribution in [0.1, 0.15) is 25.3 Å². The van der Waals surface area contributed by atoms with Crippen molar-refractivity contribution in [2.75, 3.05) is 19.7 Å². The molecular weight excluding hydrogens is 301 g/mol. The number of urea groups is 1. The van der Waals surface area contributed by atoms with E-state index in [1.807, 2.05) is 0 Å². The maximum Gasteiger partial charge on any atom is 0.409 e. The smallest absolute Gasteiger partial charge is 0.409 e. The van der Waals surface area contributed by atoms with Gasteiger partial charge in [0.25, 0.3) is 0 Å². The highest BCUT2D eigenvalue weighted by molar-refractivity contribution is 5.74. The van der Waals surface area contributed by atoms with E-state index in [2.05, 4.69) is 10.6 Å². The third-order valence-corrected chi connectivity index (χ3v) is 3.75. The molecule has 2 rings (SSSR count). The average molecular weight is 323 g/mol. The van der Waals surface area contributed by atoms with Crippen LogP contribution in [0.4, 0.5) is 14.0 Å². The summed E-state index contributed by atoms with van der Waals surface area (Å²) in [5, 5.41) is 5.49. The number of carbonyl (C=O) groups excluding carboxylic acids is 2. The Labute approximate surface area is 135 Å². The van der Waals surface area contributed by atoms with Crippen molar-refractivity contribution < 1.29 is 18.7 Å². The molecule has 0 radical (unpaired) electrons. The van der Waals surface area contributed by atoms with Gasteiger partial charge in [0.2, 0.25) is 0 Å². The summed E-state index contributed by atoms with van der Waals surface area (Å²) in [7, 11) is 0. The quantitative estimate of drug-likeness (QED) is 0.893. The summed E-state index contributed by atoms with van der Waals surface area (Å²) in [5.74, 6) is -0.337. The Morgan fingerprint density at radius 1 is 1.30 bits per heavy atom. The van der Waals surface area contributed by atoms with Crippen molar-refractivity contribution in [1.82, 2.24) is 15.5 Å². The van der Waals surface area contributed by atoms with Crippen LogP contribution in [0.3, 0.4) is 0 Å². The fourth-order valence-corrected chi connectivity index (χ4v) is 2.47. The molecular formula is C16H22FN3O3. The van der Waals surface area contributed by atoms with Gasteiger partial charge in [-0.05, 0) is 25.8 Å². The Kier molecular flexibility index (Phi) is 6.19. The Bertz CT molecular complexity index is 545. The summed E-state index contributed by atoms with van der Waals surface area (Å²) in [6.45, 7) is 3.37. The Morgan fingerprint density at radius 2 is 2.00 bits per heavy atom. The van der Waals surface area contributed by atoms with Crippen LogP contribution >= 0.6 is 0 Å². The summed E-state index contributed by atoms with van der Waals surface area (Å²) in [4.78, 5) is 25.1. The highest BCUT2D eigenvalue weighted by Crippen LogP contribution is 2.11. The molecule has 0 aromatic heterocycles. The van der Waals surface area contributed by atoms with Crippen molar-refractivity contribution in [3.8, 4) is 0 Å². The van der Waals surface area contributed by atoms with Gasteiger partial charge in [-0.3, -0.25) is 0 Å². The predicted octanol–water partition coefficient (Wildman–Crippen LogP) is 2.25. The minimum atomic E-state index is -0.337. The molecule has 3 amide bonds. The molecule has 1 aliphatic heterocycles. The molecule has 0 spiro atoms. The van der Waals surface area contributed by atoms with Gasteiger partial charge in [-0.2, -0.15) is 0 Å². The molecule has 0 unspecified atom stereocenters. The van der Waals surface area contributed by atoms with Crippen LogP contribution in [-0.2, 0) is 11.3 Å². The lowest BCUT2D eigenvalue weighted by molar-refractivity contribution is 0.0957. The van der Waals surface area contributed by atoms with Gasteiger partial charge in [-0.1, -0.05) is 18.2 Å². The molecule has 1 aromatic carbocycles. The van der Waals surface area contributed by atoms with Crippen LogP contribution in [0, 0.1) is 5.82 Å². The van der Waals surface area contributed by atoms with Crippen molar-refractivity contribution in [2.45, 2.75) is 32.4 Å². The number of rotatable bonds is 4. The van der Waals surface area contributed by atoms with Crippen LogP contribution < -0.4 is 10.6 Å². The van der Waals surface area contributed by atoms with Gasteiger partial charge in [0.05, 0.1) is 6.61 Å². The van der Waals surface area contributed by atoms with Crippen molar-refractivity contribution in [3.63, 3.8) is 0 Å². The molecule has 1 heterocycles. The van der Waals surface area contributed by atoms with Gasteiger partial charge < -0.3 is 20.3 Å². The molecule has 7 heteroatoms. The van der Waals surface area contributed by atoms with E-state index in [-0.39, 0.29) is 30.5 Å². The number of piperidine rings is 1. The van der Waals surface area contributed by atoms with Gasteiger partial charge in [-0.15, -0.1) is 0 Å². The van der Waals surface area contributed by atoms with Crippen LogP contribution in [0.5, 0.6) is 0 Å². The normalized spacial score (nSPS) is 15.1. The minimum Gasteiger partial charge on any atom is -0.450 e. The minimum absolute atomic E-state index is 0.00120. The third kappa shape index (κ3) is 5.12. The first kappa shape index (κ1) is 17.1. The van der Waals surface area contributed by atoms with E-state index < -0.39 is 0 Å². The van der Waals surface area contributed by atoms with Crippen molar-refractivity contribution >= 4 is 12.1 Å². The van der Waals surface area contributed by atoms with Crippen LogP contribution in [0.2, 0.25) is 0 Å². The maximum absolute atomic E-state index is 13.5. The van der Waals surface area contributed by atoms with Gasteiger partial charge in [0, 0.05) is 31.2 Å². The molecule has 1 aromatic rings. The topological polar surface area (TPSA) is 70.7 Å². The first-order chi connectivity index (χ1) is 11.1. The number of ether oxygens (including phenoxy) is 1. The Balaban J connectivity index is 1.71. The number of hydrogen-bond acceptors (Lipinski definition) is 3. The van der Waals surface area contributed by atoms with E-state index in [0.29, 0.717) is 38.1 Å². The molecule has 1 fully saturated rings. The molecule has 0 saturated carbocycles. The number of benzene rings is 1. The van der Waals surface area contributed by atoms with Crippen LogP contribution in [0.25, 0.3) is 0 Å². The van der Waals surface area contributed by atoms with Crippen molar-refractivity contribution in [3.05, 3.63) is 35.6 Å². The van der Waals surface area contributed by atoms with Gasteiger partial charge in [0.1, 0.15) is 5.82 Å². The largest absolute Gasteiger partial charge is 0.450 e. The first-order valence-electron chi connectivity index (χ1n) is 7.79. The van der Waals surface area contributed by atoms with Crippen molar-refractivity contribution in [2.24, 2.45) is 0 Å². The van der Waals surface area contributed by atoms with E-state index in [0.717, 1.165) is 0 Å². The molecule has 0 bridgehead atoms. The molecule has 126 valence electrons. The van der Waals surface area contributed by atoms with Crippen LogP contribution in [0.15, 0.2) is 24.3 Å². The van der Waals surface area contributed by atoms with Crippen LogP contribution in [-0.4, -0.2) is 42.8 Å². The Morgan fingerprint density at radius 3 is 2.65 bits per heavy atom. The fourth-order valence-electron chi connectivity index (χ4n) is 2.47. The molecule has 1 aliphatic rings. The SMILES string of the molecule is CCOC(=O)N1CCC(NC(=O)NCc2ccccc2F)CC1. The molecule has 6 nitrogen and oxygen atoms in total. The second-order valence-electron chi connectivity index (χ2n) is 5.38. The molecule has 0 atom stereocenters. The highest BCUT2D eigenvalue weighted by atomic mass is 19.1. The first-order valence-corrected chi connectivity index (χ1v) is 7.79. The zero-order valence-electron chi connectivity index (χ0n) is 13.2. The summed E-state index contributed by atoms with van der Waals surface area (Å²) in [6.07, 6.45) is 1.03. The van der Waals surface area contributed by atoms with E-state index in [1.54, 1.807) is 30.0 Å². The maximum atomic E-state index is 13.5. The summed E-state index contributed by atoms with van der Waals surface area (Å²) in [5.41, 5.74) is 0.444. The highest BCUT2D eigenvalue weighted by Gasteiger charge is 2.24. The lowest BCUT2D eigenvalue weighted by Gasteiger charge is -2.31. The summed E-state index contributed by atoms with van der Waals surface area (Å²) in [6, 6.07) is 6.00. The van der Waals surface area contributed by atoms with Gasteiger partial charge in [-0.25, -0.2) is 14.0 Å². The van der Waals surface area contributed by atoms with Crippen molar-refractivity contribution in [1.29, 1.82) is 0 Å². The number of nitrogens with one attached hydrogen (secondary N) is 2. The second kappa shape index (κ2) is 8.36. The van der Waals surface area contributed by atoms with E-state index in [1.165, 1.54) is 6.07 Å². The standard InChI is InChI=1S/C16H22FN3O3/c1-2-23-16(22)20-9-7-13(8-10-20)19-15(21)18-11-12-5-3-4-6-14(12)17/h3-6,13H,2,7-11H2,1H3,(H2,18,19,21). The molecule has 23 heavy (non-hydrogen) atoms.